The van der Waals surface area contributed by atoms with Gasteiger partial charge < -0.3 is 5.11 Å². The number of aromatic hydroxyl groups is 1. The van der Waals surface area contributed by atoms with Crippen molar-refractivity contribution >= 4 is 0 Å². The lowest BCUT2D eigenvalue weighted by Crippen LogP contribution is -1.87. The Balaban J connectivity index is 2.18. The summed E-state index contributed by atoms with van der Waals surface area (Å²) in [5, 5.41) is 9.28. The number of rotatable bonds is 2. The maximum atomic E-state index is 12.6. The lowest BCUT2D eigenvalue weighted by Gasteiger charge is -2.02. The fourth-order valence-corrected chi connectivity index (χ4v) is 1.50. The third-order valence-corrected chi connectivity index (χ3v) is 2.23. The van der Waals surface area contributed by atoms with Crippen molar-refractivity contribution in [2.75, 3.05) is 0 Å². The first-order valence-corrected chi connectivity index (χ1v) is 4.76. The lowest BCUT2D eigenvalue weighted by atomic mass is 10.1. The van der Waals surface area contributed by atoms with Gasteiger partial charge in [0.05, 0.1) is 0 Å². The van der Waals surface area contributed by atoms with Crippen LogP contribution in [0.15, 0.2) is 48.5 Å². The summed E-state index contributed by atoms with van der Waals surface area (Å²) in [5.41, 5.74) is 2.05. The molecule has 0 aliphatic carbocycles. The van der Waals surface area contributed by atoms with Crippen LogP contribution in [0.2, 0.25) is 0 Å². The highest BCUT2D eigenvalue weighted by atomic mass is 19.1. The second-order valence-electron chi connectivity index (χ2n) is 3.47. The quantitative estimate of drug-likeness (QED) is 0.793. The minimum Gasteiger partial charge on any atom is -0.508 e. The Morgan fingerprint density at radius 3 is 2.33 bits per heavy atom. The first kappa shape index (κ1) is 9.71. The molecule has 76 valence electrons. The molecule has 2 aromatic rings. The number of phenolic OH excluding ortho intramolecular Hbond substituents is 1. The van der Waals surface area contributed by atoms with Gasteiger partial charge in [0.2, 0.25) is 0 Å². The summed E-state index contributed by atoms with van der Waals surface area (Å²) in [6.07, 6.45) is 0.703. The van der Waals surface area contributed by atoms with E-state index in [0.29, 0.717) is 6.42 Å². The molecule has 15 heavy (non-hydrogen) atoms. The Hall–Kier alpha value is -1.83. The molecule has 0 aliphatic rings. The summed E-state index contributed by atoms with van der Waals surface area (Å²) < 4.78 is 12.6. The predicted octanol–water partition coefficient (Wildman–Crippen LogP) is 3.12. The fourth-order valence-electron chi connectivity index (χ4n) is 1.50. The van der Waals surface area contributed by atoms with E-state index in [2.05, 4.69) is 0 Å². The molecule has 0 bridgehead atoms. The van der Waals surface area contributed by atoms with Crippen molar-refractivity contribution in [3.63, 3.8) is 0 Å². The van der Waals surface area contributed by atoms with E-state index in [1.54, 1.807) is 30.3 Å². The van der Waals surface area contributed by atoms with Crippen LogP contribution in [0.1, 0.15) is 11.1 Å². The van der Waals surface area contributed by atoms with Gasteiger partial charge in [0.15, 0.2) is 0 Å². The van der Waals surface area contributed by atoms with Crippen LogP contribution in [0.25, 0.3) is 0 Å². The van der Waals surface area contributed by atoms with Gasteiger partial charge in [-0.3, -0.25) is 0 Å². The zero-order valence-electron chi connectivity index (χ0n) is 8.15. The third-order valence-electron chi connectivity index (χ3n) is 2.23. The van der Waals surface area contributed by atoms with E-state index in [1.807, 2.05) is 6.07 Å². The van der Waals surface area contributed by atoms with E-state index in [0.717, 1.165) is 11.1 Å². The summed E-state index contributed by atoms with van der Waals surface area (Å²) in [6.45, 7) is 0. The van der Waals surface area contributed by atoms with Crippen LogP contribution in [-0.2, 0) is 6.42 Å². The summed E-state index contributed by atoms with van der Waals surface area (Å²) in [4.78, 5) is 0. The smallest absolute Gasteiger partial charge is 0.123 e. The van der Waals surface area contributed by atoms with Crippen LogP contribution < -0.4 is 0 Å². The summed E-state index contributed by atoms with van der Waals surface area (Å²) in [5.74, 6) is 0.0317. The molecule has 0 heterocycles. The molecule has 1 nitrogen and oxygen atoms in total. The monoisotopic (exact) mass is 202 g/mol. The molecule has 0 fully saturated rings. The first-order valence-electron chi connectivity index (χ1n) is 4.76. The van der Waals surface area contributed by atoms with Gasteiger partial charge in [-0.15, -0.1) is 0 Å². The Bertz CT molecular complexity index is 448. The minimum atomic E-state index is -0.227. The maximum absolute atomic E-state index is 12.6. The van der Waals surface area contributed by atoms with Gasteiger partial charge in [-0.25, -0.2) is 4.39 Å². The third kappa shape index (κ3) is 2.56. The highest BCUT2D eigenvalue weighted by Gasteiger charge is 1.97. The summed E-state index contributed by atoms with van der Waals surface area (Å²) in [6, 6.07) is 13.5. The zero-order chi connectivity index (χ0) is 10.7. The number of phenols is 1. The lowest BCUT2D eigenvalue weighted by molar-refractivity contribution is 0.474. The molecule has 0 aromatic heterocycles. The van der Waals surface area contributed by atoms with E-state index in [1.165, 1.54) is 12.1 Å². The standard InChI is InChI=1S/C13H11FO/c14-12-6-4-10(5-7-12)8-11-2-1-3-13(15)9-11/h1-7,9,15H,8H2. The van der Waals surface area contributed by atoms with Gasteiger partial charge in [0.25, 0.3) is 0 Å². The van der Waals surface area contributed by atoms with Crippen molar-refractivity contribution in [1.82, 2.24) is 0 Å². The van der Waals surface area contributed by atoms with Gasteiger partial charge in [0.1, 0.15) is 11.6 Å². The van der Waals surface area contributed by atoms with Crippen molar-refractivity contribution in [3.05, 3.63) is 65.5 Å². The highest BCUT2D eigenvalue weighted by Crippen LogP contribution is 2.15. The Labute approximate surface area is 87.8 Å². The van der Waals surface area contributed by atoms with Crippen LogP contribution in [0.5, 0.6) is 5.75 Å². The predicted molar refractivity (Wildman–Crippen MR) is 57.3 cm³/mol. The average molecular weight is 202 g/mol. The van der Waals surface area contributed by atoms with E-state index in [-0.39, 0.29) is 11.6 Å². The normalized spacial score (nSPS) is 10.2. The van der Waals surface area contributed by atoms with Crippen LogP contribution >= 0.6 is 0 Å². The molecule has 0 atom stereocenters. The van der Waals surface area contributed by atoms with Crippen molar-refractivity contribution < 1.29 is 9.50 Å². The molecular weight excluding hydrogens is 191 g/mol. The van der Waals surface area contributed by atoms with Crippen LogP contribution in [0, 0.1) is 5.82 Å². The molecule has 0 unspecified atom stereocenters. The molecule has 0 saturated heterocycles. The molecule has 2 rings (SSSR count). The van der Waals surface area contributed by atoms with Crippen LogP contribution in [0.3, 0.4) is 0 Å². The SMILES string of the molecule is Oc1cccc(Cc2ccc(F)cc2)c1. The van der Waals surface area contributed by atoms with Gasteiger partial charge in [0, 0.05) is 0 Å². The molecule has 0 saturated carbocycles. The maximum Gasteiger partial charge on any atom is 0.123 e. The Kier molecular flexibility index (Phi) is 2.68. The zero-order valence-corrected chi connectivity index (χ0v) is 8.15. The van der Waals surface area contributed by atoms with E-state index in [9.17, 15) is 9.50 Å². The highest BCUT2D eigenvalue weighted by molar-refractivity contribution is 5.31. The van der Waals surface area contributed by atoms with Crippen molar-refractivity contribution in [3.8, 4) is 5.75 Å². The van der Waals surface area contributed by atoms with E-state index < -0.39 is 0 Å². The van der Waals surface area contributed by atoms with Crippen molar-refractivity contribution in [1.29, 1.82) is 0 Å². The summed E-state index contributed by atoms with van der Waals surface area (Å²) >= 11 is 0. The second-order valence-corrected chi connectivity index (χ2v) is 3.47. The summed E-state index contributed by atoms with van der Waals surface area (Å²) in [7, 11) is 0. The average Bonchev–Trinajstić information content (AvgIpc) is 2.22. The molecule has 1 N–H and O–H groups in total. The number of hydrogen-bond donors (Lipinski definition) is 1. The molecule has 2 aromatic carbocycles. The van der Waals surface area contributed by atoms with Gasteiger partial charge >= 0.3 is 0 Å². The minimum absolute atomic E-state index is 0.227. The molecule has 2 heteroatoms. The molecular formula is C13H11FO. The fraction of sp³-hybridized carbons (Fsp3) is 0.0769. The Morgan fingerprint density at radius 1 is 0.933 bits per heavy atom. The van der Waals surface area contributed by atoms with Gasteiger partial charge in [-0.05, 0) is 41.8 Å². The van der Waals surface area contributed by atoms with E-state index in [4.69, 9.17) is 0 Å². The molecule has 0 spiro atoms. The first-order chi connectivity index (χ1) is 7.24. The van der Waals surface area contributed by atoms with Gasteiger partial charge in [-0.2, -0.15) is 0 Å². The van der Waals surface area contributed by atoms with Crippen LogP contribution in [-0.4, -0.2) is 5.11 Å². The number of halogens is 1. The second kappa shape index (κ2) is 4.13. The largest absolute Gasteiger partial charge is 0.508 e. The molecule has 0 radical (unpaired) electrons. The number of benzene rings is 2. The Morgan fingerprint density at radius 2 is 1.67 bits per heavy atom. The van der Waals surface area contributed by atoms with Gasteiger partial charge in [-0.1, -0.05) is 24.3 Å². The molecule has 0 aliphatic heterocycles. The van der Waals surface area contributed by atoms with Crippen LogP contribution in [0.4, 0.5) is 4.39 Å². The van der Waals surface area contributed by atoms with Crippen molar-refractivity contribution in [2.45, 2.75) is 6.42 Å². The topological polar surface area (TPSA) is 20.2 Å². The molecule has 0 amide bonds. The number of hydrogen-bond acceptors (Lipinski definition) is 1. The van der Waals surface area contributed by atoms with E-state index >= 15 is 0 Å². The van der Waals surface area contributed by atoms with Crippen molar-refractivity contribution in [2.24, 2.45) is 0 Å².